The second kappa shape index (κ2) is 8.73. The Kier molecular flexibility index (Phi) is 6.35. The number of benzene rings is 2. The van der Waals surface area contributed by atoms with Crippen LogP contribution in [0.3, 0.4) is 0 Å². The second-order valence-electron chi connectivity index (χ2n) is 7.22. The van der Waals surface area contributed by atoms with Gasteiger partial charge >= 0.3 is 0 Å². The first-order valence-electron chi connectivity index (χ1n) is 9.64. The highest BCUT2D eigenvalue weighted by atomic mass is 19.2. The summed E-state index contributed by atoms with van der Waals surface area (Å²) in [6, 6.07) is 4.27. The molecule has 1 aliphatic rings. The largest absolute Gasteiger partial charge is 0.206 e. The number of rotatable bonds is 7. The third-order valence-electron chi connectivity index (χ3n) is 5.23. The van der Waals surface area contributed by atoms with Crippen LogP contribution in [0.4, 0.5) is 17.6 Å². The maximum Gasteiger partial charge on any atom is 0.159 e. The van der Waals surface area contributed by atoms with Gasteiger partial charge in [-0.1, -0.05) is 50.3 Å². The second-order valence-corrected chi connectivity index (χ2v) is 7.22. The molecule has 0 amide bonds. The molecule has 27 heavy (non-hydrogen) atoms. The van der Waals surface area contributed by atoms with Crippen LogP contribution >= 0.6 is 0 Å². The number of halogens is 4. The Morgan fingerprint density at radius 3 is 2.37 bits per heavy atom. The van der Waals surface area contributed by atoms with E-state index in [2.05, 4.69) is 6.92 Å². The van der Waals surface area contributed by atoms with Gasteiger partial charge in [-0.05, 0) is 60.6 Å². The number of allylic oxidation sites excluding steroid dienone is 2. The van der Waals surface area contributed by atoms with Crippen molar-refractivity contribution in [3.8, 4) is 11.1 Å². The average Bonchev–Trinajstić information content (AvgIpc) is 2.64. The van der Waals surface area contributed by atoms with Crippen LogP contribution in [0.25, 0.3) is 11.1 Å². The van der Waals surface area contributed by atoms with Crippen molar-refractivity contribution in [3.63, 3.8) is 0 Å². The Morgan fingerprint density at radius 1 is 0.852 bits per heavy atom. The van der Waals surface area contributed by atoms with E-state index in [-0.39, 0.29) is 11.1 Å². The molecule has 3 rings (SSSR count). The van der Waals surface area contributed by atoms with E-state index in [9.17, 15) is 17.6 Å². The molecule has 2 aromatic carbocycles. The molecule has 0 saturated heterocycles. The lowest BCUT2D eigenvalue weighted by atomic mass is 9.86. The summed E-state index contributed by atoms with van der Waals surface area (Å²) >= 11 is 0. The molecule has 0 spiro atoms. The summed E-state index contributed by atoms with van der Waals surface area (Å²) < 4.78 is 56.2. The molecule has 0 bridgehead atoms. The van der Waals surface area contributed by atoms with E-state index in [4.69, 9.17) is 0 Å². The molecule has 0 N–H and O–H groups in total. The van der Waals surface area contributed by atoms with Crippen LogP contribution in [0.5, 0.6) is 0 Å². The quantitative estimate of drug-likeness (QED) is 0.270. The van der Waals surface area contributed by atoms with Crippen molar-refractivity contribution in [2.45, 2.75) is 58.3 Å². The molecule has 0 nitrogen and oxygen atoms in total. The van der Waals surface area contributed by atoms with E-state index in [1.807, 2.05) is 6.08 Å². The maximum atomic E-state index is 15.0. The summed E-state index contributed by atoms with van der Waals surface area (Å²) in [6.07, 6.45) is 9.88. The zero-order chi connectivity index (χ0) is 19.4. The van der Waals surface area contributed by atoms with Crippen molar-refractivity contribution in [2.75, 3.05) is 0 Å². The van der Waals surface area contributed by atoms with Crippen LogP contribution in [0.2, 0.25) is 0 Å². The molecule has 0 fully saturated rings. The van der Waals surface area contributed by atoms with Gasteiger partial charge in [0.25, 0.3) is 0 Å². The number of unbranched alkanes of at least 4 members (excludes halogenated alkanes) is 4. The third-order valence-corrected chi connectivity index (χ3v) is 5.23. The molecule has 0 aromatic heterocycles. The Bertz CT molecular complexity index is 852. The van der Waals surface area contributed by atoms with Gasteiger partial charge in [-0.25, -0.2) is 17.6 Å². The van der Waals surface area contributed by atoms with Crippen LogP contribution in [0.1, 0.15) is 56.6 Å². The number of fused-ring (bicyclic) bond motifs is 1. The minimum absolute atomic E-state index is 0.0115. The molecule has 0 unspecified atom stereocenters. The molecule has 0 heterocycles. The Hall–Kier alpha value is -2.10. The molecule has 0 radical (unpaired) electrons. The fourth-order valence-corrected chi connectivity index (χ4v) is 3.71. The van der Waals surface area contributed by atoms with Crippen molar-refractivity contribution >= 4 is 0 Å². The van der Waals surface area contributed by atoms with Gasteiger partial charge < -0.3 is 0 Å². The van der Waals surface area contributed by atoms with E-state index in [1.165, 1.54) is 43.4 Å². The lowest BCUT2D eigenvalue weighted by Crippen LogP contribution is -2.09. The lowest BCUT2D eigenvalue weighted by Gasteiger charge is -2.20. The van der Waals surface area contributed by atoms with Crippen molar-refractivity contribution in [2.24, 2.45) is 0 Å². The average molecular weight is 376 g/mol. The Labute approximate surface area is 157 Å². The first kappa shape index (κ1) is 19.7. The fraction of sp³-hybridized carbons (Fsp3) is 0.391. The zero-order valence-electron chi connectivity index (χ0n) is 15.6. The van der Waals surface area contributed by atoms with E-state index >= 15 is 0 Å². The molecule has 0 atom stereocenters. The Morgan fingerprint density at radius 2 is 1.63 bits per heavy atom. The van der Waals surface area contributed by atoms with Crippen molar-refractivity contribution in [1.29, 1.82) is 0 Å². The standard InChI is InChI=1S/C23H24F4/c1-2-3-4-5-6-7-15-8-10-18-17(12-15)14-21(26)22(23(18)27)16-9-11-19(24)20(25)13-16/h8-9,11,13-14H,2-7,10,12H2,1H3. The van der Waals surface area contributed by atoms with Crippen molar-refractivity contribution in [3.05, 3.63) is 70.3 Å². The van der Waals surface area contributed by atoms with E-state index in [1.54, 1.807) is 0 Å². The van der Waals surface area contributed by atoms with Crippen molar-refractivity contribution in [1.82, 2.24) is 0 Å². The van der Waals surface area contributed by atoms with Gasteiger partial charge in [-0.2, -0.15) is 0 Å². The zero-order valence-corrected chi connectivity index (χ0v) is 15.6. The van der Waals surface area contributed by atoms with Gasteiger partial charge in [0.1, 0.15) is 11.6 Å². The first-order chi connectivity index (χ1) is 13.0. The van der Waals surface area contributed by atoms with E-state index in [0.29, 0.717) is 24.0 Å². The fourth-order valence-electron chi connectivity index (χ4n) is 3.71. The smallest absolute Gasteiger partial charge is 0.159 e. The lowest BCUT2D eigenvalue weighted by molar-refractivity contribution is 0.508. The predicted molar refractivity (Wildman–Crippen MR) is 101 cm³/mol. The maximum absolute atomic E-state index is 15.0. The van der Waals surface area contributed by atoms with Gasteiger partial charge in [0.05, 0.1) is 5.56 Å². The van der Waals surface area contributed by atoms with Crippen LogP contribution in [0, 0.1) is 23.3 Å². The Balaban J connectivity index is 1.79. The third kappa shape index (κ3) is 4.42. The SMILES string of the molecule is CCCCCCCC1=CCc2c(cc(F)c(-c3ccc(F)c(F)c3)c2F)C1. The monoisotopic (exact) mass is 376 g/mol. The summed E-state index contributed by atoms with van der Waals surface area (Å²) in [4.78, 5) is 0. The van der Waals surface area contributed by atoms with E-state index in [0.717, 1.165) is 25.0 Å². The number of hydrogen-bond donors (Lipinski definition) is 0. The van der Waals surface area contributed by atoms with Gasteiger partial charge in [0.2, 0.25) is 0 Å². The summed E-state index contributed by atoms with van der Waals surface area (Å²) in [5, 5.41) is 0. The summed E-state index contributed by atoms with van der Waals surface area (Å²) in [5.74, 6) is -3.56. The van der Waals surface area contributed by atoms with Crippen LogP contribution in [-0.4, -0.2) is 0 Å². The summed E-state index contributed by atoms with van der Waals surface area (Å²) in [7, 11) is 0. The van der Waals surface area contributed by atoms with Crippen LogP contribution in [0.15, 0.2) is 35.9 Å². The highest BCUT2D eigenvalue weighted by Crippen LogP contribution is 2.35. The van der Waals surface area contributed by atoms with Crippen LogP contribution in [-0.2, 0) is 12.8 Å². The molecule has 2 aromatic rings. The minimum Gasteiger partial charge on any atom is -0.206 e. The molecule has 1 aliphatic carbocycles. The normalized spacial score (nSPS) is 13.4. The van der Waals surface area contributed by atoms with Gasteiger partial charge in [-0.15, -0.1) is 0 Å². The molecular formula is C23H24F4. The first-order valence-corrected chi connectivity index (χ1v) is 9.64. The molecule has 144 valence electrons. The van der Waals surface area contributed by atoms with Gasteiger partial charge in [-0.3, -0.25) is 0 Å². The molecule has 0 aliphatic heterocycles. The van der Waals surface area contributed by atoms with Crippen molar-refractivity contribution < 1.29 is 17.6 Å². The highest BCUT2D eigenvalue weighted by molar-refractivity contribution is 5.67. The predicted octanol–water partition coefficient (Wildman–Crippen LogP) is 7.30. The highest BCUT2D eigenvalue weighted by Gasteiger charge is 2.22. The summed E-state index contributed by atoms with van der Waals surface area (Å²) in [6.45, 7) is 2.18. The summed E-state index contributed by atoms with van der Waals surface area (Å²) in [5.41, 5.74) is 2.05. The van der Waals surface area contributed by atoms with Gasteiger partial charge in [0.15, 0.2) is 11.6 Å². The number of hydrogen-bond acceptors (Lipinski definition) is 0. The van der Waals surface area contributed by atoms with Gasteiger partial charge in [0, 0.05) is 0 Å². The van der Waals surface area contributed by atoms with Crippen LogP contribution < -0.4 is 0 Å². The molecular weight excluding hydrogens is 352 g/mol. The minimum atomic E-state index is -1.12. The molecule has 4 heteroatoms. The molecule has 0 saturated carbocycles. The topological polar surface area (TPSA) is 0 Å². The van der Waals surface area contributed by atoms with E-state index < -0.39 is 23.3 Å².